The van der Waals surface area contributed by atoms with E-state index >= 15 is 0 Å². The molecule has 63 heavy (non-hydrogen) atoms. The number of hydrogen-bond donors (Lipinski definition) is 0. The van der Waals surface area contributed by atoms with Crippen LogP contribution < -0.4 is 0 Å². The highest BCUT2D eigenvalue weighted by Gasteiger charge is 2.17. The lowest BCUT2D eigenvalue weighted by Crippen LogP contribution is -2.00. The van der Waals surface area contributed by atoms with Crippen LogP contribution in [0.4, 0.5) is 0 Å². The van der Waals surface area contributed by atoms with E-state index in [4.69, 9.17) is 19.9 Å². The van der Waals surface area contributed by atoms with Gasteiger partial charge in [0.15, 0.2) is 17.5 Å². The van der Waals surface area contributed by atoms with Gasteiger partial charge in [0.05, 0.1) is 22.2 Å². The summed E-state index contributed by atoms with van der Waals surface area (Å²) in [6, 6.07) is 78.7. The molecule has 0 atom stereocenters. The molecule has 3 aromatic heterocycles. The van der Waals surface area contributed by atoms with E-state index in [0.717, 1.165) is 66.6 Å². The largest absolute Gasteiger partial charge is 0.309 e. The third-order valence-electron chi connectivity index (χ3n) is 12.1. The molecule has 0 aliphatic carbocycles. The van der Waals surface area contributed by atoms with E-state index in [1.54, 1.807) is 0 Å². The van der Waals surface area contributed by atoms with Gasteiger partial charge in [0, 0.05) is 54.9 Å². The number of rotatable bonds is 7. The van der Waals surface area contributed by atoms with Crippen LogP contribution in [0.2, 0.25) is 0 Å². The number of aromatic nitrogens is 5. The highest BCUT2D eigenvalue weighted by molar-refractivity contribution is 6.17. The lowest BCUT2D eigenvalue weighted by atomic mass is 9.92. The maximum absolute atomic E-state index is 5.16. The van der Waals surface area contributed by atoms with Gasteiger partial charge < -0.3 is 4.57 Å². The lowest BCUT2D eigenvalue weighted by Gasteiger charge is -2.14. The molecule has 9 aromatic carbocycles. The van der Waals surface area contributed by atoms with Gasteiger partial charge in [-0.25, -0.2) is 19.9 Å². The number of fused-ring (bicyclic) bond motifs is 6. The maximum Gasteiger partial charge on any atom is 0.164 e. The van der Waals surface area contributed by atoms with Gasteiger partial charge in [-0.15, -0.1) is 0 Å². The summed E-state index contributed by atoms with van der Waals surface area (Å²) in [5.74, 6) is 1.87. The molecule has 0 bridgehead atoms. The van der Waals surface area contributed by atoms with Crippen molar-refractivity contribution in [1.82, 2.24) is 24.5 Å². The summed E-state index contributed by atoms with van der Waals surface area (Å²) in [5.41, 5.74) is 13.8. The molecule has 0 saturated heterocycles. The first-order valence-electron chi connectivity index (χ1n) is 21.2. The van der Waals surface area contributed by atoms with Crippen molar-refractivity contribution < 1.29 is 0 Å². The average molecular weight is 804 g/mol. The zero-order valence-electron chi connectivity index (χ0n) is 34.1. The summed E-state index contributed by atoms with van der Waals surface area (Å²) in [5, 5.41) is 5.96. The molecule has 5 heteroatoms. The molecule has 0 radical (unpaired) electrons. The topological polar surface area (TPSA) is 56.5 Å². The van der Waals surface area contributed by atoms with Crippen LogP contribution >= 0.6 is 0 Å². The fourth-order valence-corrected chi connectivity index (χ4v) is 9.05. The van der Waals surface area contributed by atoms with Crippen molar-refractivity contribution in [3.8, 4) is 73.4 Å². The fourth-order valence-electron chi connectivity index (χ4n) is 9.05. The van der Waals surface area contributed by atoms with Crippen LogP contribution in [0.15, 0.2) is 224 Å². The van der Waals surface area contributed by atoms with Gasteiger partial charge in [-0.3, -0.25) is 0 Å². The van der Waals surface area contributed by atoms with Crippen LogP contribution in [0.5, 0.6) is 0 Å². The minimum absolute atomic E-state index is 0.620. The Labute approximate surface area is 364 Å². The molecular weight excluding hydrogens is 767 g/mol. The Morgan fingerprint density at radius 3 is 1.44 bits per heavy atom. The SMILES string of the molecule is c1ccc(-c2nc(-c3ccc(-n4c5ccccc5c5ccccc54)cc3)nc(-c3cccc(-c4ccc(-c5cccc6c(-c7ccccc7)nc7ccccc7c56)cc4)c3)n2)cc1. The van der Waals surface area contributed by atoms with E-state index in [9.17, 15) is 0 Å². The molecule has 0 fully saturated rings. The number of nitrogens with zero attached hydrogens (tertiary/aromatic N) is 5. The minimum Gasteiger partial charge on any atom is -0.309 e. The molecule has 0 saturated carbocycles. The van der Waals surface area contributed by atoms with Crippen LogP contribution in [0.1, 0.15) is 0 Å². The summed E-state index contributed by atoms with van der Waals surface area (Å²) in [7, 11) is 0. The Hall–Kier alpha value is -8.54. The first-order valence-corrected chi connectivity index (χ1v) is 21.2. The van der Waals surface area contributed by atoms with Crippen LogP contribution in [-0.4, -0.2) is 24.5 Å². The standard InChI is InChI=1S/C58H37N5/c1-3-15-40(16-4-1)55-50-25-14-24-46(54(50)49-23-7-10-26-51(49)59-55)39-31-29-38(30-32-39)43-19-13-20-44(37-43)58-61-56(41-17-5-2-6-18-41)60-57(62-58)42-33-35-45(36-34-42)63-52-27-11-8-21-47(52)48-22-9-12-28-53(48)63/h1-37H. The van der Waals surface area contributed by atoms with E-state index in [1.807, 2.05) is 36.4 Å². The van der Waals surface area contributed by atoms with Crippen molar-refractivity contribution in [2.75, 3.05) is 0 Å². The Balaban J connectivity index is 0.916. The smallest absolute Gasteiger partial charge is 0.164 e. The molecule has 0 aliphatic rings. The highest BCUT2D eigenvalue weighted by Crippen LogP contribution is 2.40. The van der Waals surface area contributed by atoms with Crippen molar-refractivity contribution in [1.29, 1.82) is 0 Å². The Kier molecular flexibility index (Phi) is 8.75. The van der Waals surface area contributed by atoms with E-state index in [2.05, 4.69) is 193 Å². The Morgan fingerprint density at radius 2 is 0.762 bits per heavy atom. The summed E-state index contributed by atoms with van der Waals surface area (Å²) in [6.07, 6.45) is 0. The summed E-state index contributed by atoms with van der Waals surface area (Å²) in [4.78, 5) is 20.4. The van der Waals surface area contributed by atoms with E-state index in [-0.39, 0.29) is 0 Å². The minimum atomic E-state index is 0.620. The number of benzene rings is 9. The molecular formula is C58H37N5. The summed E-state index contributed by atoms with van der Waals surface area (Å²) in [6.45, 7) is 0. The molecule has 0 N–H and O–H groups in total. The predicted octanol–water partition coefficient (Wildman–Crippen LogP) is 14.7. The Morgan fingerprint density at radius 1 is 0.286 bits per heavy atom. The molecule has 12 aromatic rings. The van der Waals surface area contributed by atoms with Crippen molar-refractivity contribution in [3.63, 3.8) is 0 Å². The van der Waals surface area contributed by atoms with Crippen LogP contribution in [-0.2, 0) is 0 Å². The molecule has 12 rings (SSSR count). The van der Waals surface area contributed by atoms with Gasteiger partial charge in [0.25, 0.3) is 0 Å². The summed E-state index contributed by atoms with van der Waals surface area (Å²) < 4.78 is 2.32. The normalized spacial score (nSPS) is 11.5. The first-order chi connectivity index (χ1) is 31.2. The molecule has 3 heterocycles. The monoisotopic (exact) mass is 803 g/mol. The first kappa shape index (κ1) is 36.3. The third kappa shape index (κ3) is 6.42. The molecule has 0 amide bonds. The Bertz CT molecular complexity index is 3600. The fraction of sp³-hybridized carbons (Fsp3) is 0. The predicted molar refractivity (Wildman–Crippen MR) is 260 cm³/mol. The molecule has 0 unspecified atom stereocenters. The second-order valence-electron chi connectivity index (χ2n) is 15.8. The van der Waals surface area contributed by atoms with Gasteiger partial charge in [-0.05, 0) is 70.8 Å². The van der Waals surface area contributed by atoms with Gasteiger partial charge in [0.1, 0.15) is 0 Å². The zero-order chi connectivity index (χ0) is 41.7. The van der Waals surface area contributed by atoms with Crippen LogP contribution in [0, 0.1) is 0 Å². The second-order valence-corrected chi connectivity index (χ2v) is 15.8. The molecule has 0 spiro atoms. The molecule has 0 aliphatic heterocycles. The second kappa shape index (κ2) is 15.2. The summed E-state index contributed by atoms with van der Waals surface area (Å²) >= 11 is 0. The quantitative estimate of drug-likeness (QED) is 0.151. The van der Waals surface area contributed by atoms with Crippen molar-refractivity contribution in [2.24, 2.45) is 0 Å². The highest BCUT2D eigenvalue weighted by atomic mass is 15.0. The van der Waals surface area contributed by atoms with E-state index in [1.165, 1.54) is 32.8 Å². The average Bonchev–Trinajstić information content (AvgIpc) is 3.71. The molecule has 294 valence electrons. The maximum atomic E-state index is 5.16. The van der Waals surface area contributed by atoms with E-state index in [0.29, 0.717) is 17.5 Å². The molecule has 5 nitrogen and oxygen atoms in total. The van der Waals surface area contributed by atoms with Crippen molar-refractivity contribution >= 4 is 43.5 Å². The zero-order valence-corrected chi connectivity index (χ0v) is 34.1. The van der Waals surface area contributed by atoms with Gasteiger partial charge in [0.2, 0.25) is 0 Å². The number of para-hydroxylation sites is 3. The lowest BCUT2D eigenvalue weighted by molar-refractivity contribution is 1.07. The number of pyridine rings is 1. The van der Waals surface area contributed by atoms with Gasteiger partial charge >= 0.3 is 0 Å². The van der Waals surface area contributed by atoms with Crippen molar-refractivity contribution in [2.45, 2.75) is 0 Å². The third-order valence-corrected chi connectivity index (χ3v) is 12.1. The van der Waals surface area contributed by atoms with Crippen LogP contribution in [0.25, 0.3) is 117 Å². The number of hydrogen-bond acceptors (Lipinski definition) is 4. The van der Waals surface area contributed by atoms with Gasteiger partial charge in [-0.2, -0.15) is 0 Å². The van der Waals surface area contributed by atoms with E-state index < -0.39 is 0 Å². The van der Waals surface area contributed by atoms with Crippen LogP contribution in [0.3, 0.4) is 0 Å². The van der Waals surface area contributed by atoms with Gasteiger partial charge in [-0.1, -0.05) is 176 Å². The van der Waals surface area contributed by atoms with Crippen molar-refractivity contribution in [3.05, 3.63) is 224 Å².